The number of aromatic carboxylic acids is 1. The van der Waals surface area contributed by atoms with Crippen LogP contribution in [0.1, 0.15) is 10.5 Å². The average Bonchev–Trinajstić information content (AvgIpc) is 3.25. The number of carboxylic acids is 1. The quantitative estimate of drug-likeness (QED) is 0.504. The van der Waals surface area contributed by atoms with Crippen LogP contribution < -0.4 is 5.32 Å². The van der Waals surface area contributed by atoms with Crippen LogP contribution in [0.4, 0.5) is 11.6 Å². The Labute approximate surface area is 146 Å². The molecule has 0 fully saturated rings. The zero-order valence-electron chi connectivity index (χ0n) is 12.7. The van der Waals surface area contributed by atoms with E-state index in [1.807, 2.05) is 24.3 Å². The molecule has 8 heteroatoms. The molecule has 0 saturated carbocycles. The van der Waals surface area contributed by atoms with Gasteiger partial charge in [0.1, 0.15) is 11.3 Å². The molecule has 0 amide bonds. The van der Waals surface area contributed by atoms with Crippen molar-refractivity contribution in [1.29, 1.82) is 0 Å². The van der Waals surface area contributed by atoms with E-state index in [1.165, 1.54) is 12.3 Å². The number of aromatic nitrogens is 3. The van der Waals surface area contributed by atoms with E-state index in [0.717, 1.165) is 16.7 Å². The molecule has 4 aromatic rings. The van der Waals surface area contributed by atoms with Gasteiger partial charge in [-0.05, 0) is 30.3 Å². The first-order valence-electron chi connectivity index (χ1n) is 7.29. The van der Waals surface area contributed by atoms with E-state index >= 15 is 0 Å². The van der Waals surface area contributed by atoms with Crippen LogP contribution in [0.2, 0.25) is 5.02 Å². The fourth-order valence-corrected chi connectivity index (χ4v) is 2.66. The number of fused-ring (bicyclic) bond motifs is 1. The van der Waals surface area contributed by atoms with Crippen LogP contribution in [0.15, 0.2) is 53.4 Å². The summed E-state index contributed by atoms with van der Waals surface area (Å²) in [5.74, 6) is -0.705. The van der Waals surface area contributed by atoms with E-state index < -0.39 is 5.97 Å². The molecule has 0 aliphatic heterocycles. The molecule has 25 heavy (non-hydrogen) atoms. The Kier molecular flexibility index (Phi) is 3.62. The lowest BCUT2D eigenvalue weighted by Gasteiger charge is -2.07. The second-order valence-corrected chi connectivity index (χ2v) is 5.70. The van der Waals surface area contributed by atoms with Crippen LogP contribution in [-0.2, 0) is 0 Å². The van der Waals surface area contributed by atoms with Gasteiger partial charge in [0, 0.05) is 22.8 Å². The summed E-state index contributed by atoms with van der Waals surface area (Å²) in [4.78, 5) is 22.2. The fraction of sp³-hybridized carbons (Fsp3) is 0. The number of H-pyrrole nitrogens is 1. The van der Waals surface area contributed by atoms with E-state index in [4.69, 9.17) is 21.1 Å². The van der Waals surface area contributed by atoms with Crippen molar-refractivity contribution in [1.82, 2.24) is 15.0 Å². The number of benzene rings is 1. The lowest BCUT2D eigenvalue weighted by molar-refractivity contribution is 0.0691. The molecule has 1 aromatic carbocycles. The Morgan fingerprint density at radius 1 is 1.28 bits per heavy atom. The van der Waals surface area contributed by atoms with Gasteiger partial charge in [-0.15, -0.1) is 0 Å². The summed E-state index contributed by atoms with van der Waals surface area (Å²) in [5, 5.41) is 13.4. The van der Waals surface area contributed by atoms with Crippen molar-refractivity contribution in [2.24, 2.45) is 0 Å². The standard InChI is InChI=1S/C17H11ClN4O3/c18-12-8-20-17(21-11-1-2-14-9(5-11)3-4-25-14)22-15(12)10-6-13(16(23)24)19-7-10/h1-8,19H,(H,23,24)(H,20,21,22). The third-order valence-electron chi connectivity index (χ3n) is 3.64. The van der Waals surface area contributed by atoms with Crippen LogP contribution in [0.3, 0.4) is 0 Å². The summed E-state index contributed by atoms with van der Waals surface area (Å²) >= 11 is 6.16. The summed E-state index contributed by atoms with van der Waals surface area (Å²) < 4.78 is 5.31. The molecule has 0 unspecified atom stereocenters. The summed E-state index contributed by atoms with van der Waals surface area (Å²) in [6.45, 7) is 0. The number of aromatic amines is 1. The number of anilines is 2. The van der Waals surface area contributed by atoms with Crippen molar-refractivity contribution in [3.63, 3.8) is 0 Å². The first-order chi connectivity index (χ1) is 12.1. The maximum absolute atomic E-state index is 11.0. The predicted octanol–water partition coefficient (Wildman–Crippen LogP) is 4.31. The molecule has 4 rings (SSSR count). The van der Waals surface area contributed by atoms with Crippen LogP contribution in [0.5, 0.6) is 0 Å². The van der Waals surface area contributed by atoms with Gasteiger partial charge >= 0.3 is 5.97 Å². The molecule has 3 N–H and O–H groups in total. The van der Waals surface area contributed by atoms with Crippen molar-refractivity contribution in [3.05, 3.63) is 59.7 Å². The Hall–Kier alpha value is -3.32. The van der Waals surface area contributed by atoms with Crippen LogP contribution in [0.25, 0.3) is 22.2 Å². The molecule has 0 spiro atoms. The summed E-state index contributed by atoms with van der Waals surface area (Å²) in [6, 6.07) is 8.94. The van der Waals surface area contributed by atoms with Gasteiger partial charge in [0.2, 0.25) is 5.95 Å². The van der Waals surface area contributed by atoms with Gasteiger partial charge in [-0.1, -0.05) is 11.6 Å². The van der Waals surface area contributed by atoms with Gasteiger partial charge in [0.25, 0.3) is 0 Å². The molecule has 0 aliphatic rings. The van der Waals surface area contributed by atoms with Crippen LogP contribution in [0, 0.1) is 0 Å². The topological polar surface area (TPSA) is 104 Å². The number of furan rings is 1. The van der Waals surface area contributed by atoms with Crippen LogP contribution >= 0.6 is 11.6 Å². The summed E-state index contributed by atoms with van der Waals surface area (Å²) in [7, 11) is 0. The third kappa shape index (κ3) is 2.92. The second-order valence-electron chi connectivity index (χ2n) is 5.30. The van der Waals surface area contributed by atoms with E-state index in [0.29, 0.717) is 22.2 Å². The van der Waals surface area contributed by atoms with Crippen molar-refractivity contribution < 1.29 is 14.3 Å². The highest BCUT2D eigenvalue weighted by Gasteiger charge is 2.13. The zero-order chi connectivity index (χ0) is 17.4. The Balaban J connectivity index is 1.67. The summed E-state index contributed by atoms with van der Waals surface area (Å²) in [6.07, 6.45) is 4.63. The molecular weight excluding hydrogens is 344 g/mol. The molecule has 0 saturated heterocycles. The van der Waals surface area contributed by atoms with Crippen molar-refractivity contribution >= 4 is 40.2 Å². The van der Waals surface area contributed by atoms with E-state index in [1.54, 1.807) is 12.5 Å². The number of carbonyl (C=O) groups is 1. The number of nitrogens with zero attached hydrogens (tertiary/aromatic N) is 2. The number of halogens is 1. The molecule has 124 valence electrons. The number of nitrogens with one attached hydrogen (secondary N) is 2. The smallest absolute Gasteiger partial charge is 0.352 e. The molecule has 0 atom stereocenters. The van der Waals surface area contributed by atoms with Crippen molar-refractivity contribution in [2.75, 3.05) is 5.32 Å². The lowest BCUT2D eigenvalue weighted by Crippen LogP contribution is -1.98. The second kappa shape index (κ2) is 5.95. The highest BCUT2D eigenvalue weighted by molar-refractivity contribution is 6.32. The maximum Gasteiger partial charge on any atom is 0.352 e. The Morgan fingerprint density at radius 3 is 2.96 bits per heavy atom. The number of hydrogen-bond acceptors (Lipinski definition) is 5. The molecule has 0 radical (unpaired) electrons. The molecule has 0 bridgehead atoms. The normalized spacial score (nSPS) is 10.9. The van der Waals surface area contributed by atoms with Crippen LogP contribution in [-0.4, -0.2) is 26.0 Å². The minimum Gasteiger partial charge on any atom is -0.477 e. The number of rotatable bonds is 4. The van der Waals surface area contributed by atoms with Gasteiger partial charge in [-0.2, -0.15) is 0 Å². The zero-order valence-corrected chi connectivity index (χ0v) is 13.4. The minimum atomic E-state index is -1.05. The van der Waals surface area contributed by atoms with Crippen molar-refractivity contribution in [3.8, 4) is 11.3 Å². The van der Waals surface area contributed by atoms with E-state index in [-0.39, 0.29) is 5.69 Å². The van der Waals surface area contributed by atoms with Gasteiger partial charge in [0.05, 0.1) is 23.2 Å². The van der Waals surface area contributed by atoms with Gasteiger partial charge in [-0.3, -0.25) is 0 Å². The lowest BCUT2D eigenvalue weighted by atomic mass is 10.2. The maximum atomic E-state index is 11.0. The monoisotopic (exact) mass is 354 g/mol. The minimum absolute atomic E-state index is 0.0598. The van der Waals surface area contributed by atoms with E-state index in [2.05, 4.69) is 20.3 Å². The SMILES string of the molecule is O=C(O)c1cc(-c2nc(Nc3ccc4occc4c3)ncc2Cl)c[nH]1. The summed E-state index contributed by atoms with van der Waals surface area (Å²) in [5.41, 5.74) is 2.65. The highest BCUT2D eigenvalue weighted by Crippen LogP contribution is 2.28. The average molecular weight is 355 g/mol. The Morgan fingerprint density at radius 2 is 2.16 bits per heavy atom. The largest absolute Gasteiger partial charge is 0.477 e. The number of carboxylic acid groups (broad SMARTS) is 1. The first kappa shape index (κ1) is 15.2. The molecular formula is C17H11ClN4O3. The van der Waals surface area contributed by atoms with Crippen molar-refractivity contribution in [2.45, 2.75) is 0 Å². The Bertz CT molecular complexity index is 1090. The van der Waals surface area contributed by atoms with E-state index in [9.17, 15) is 4.79 Å². The molecule has 7 nitrogen and oxygen atoms in total. The highest BCUT2D eigenvalue weighted by atomic mass is 35.5. The van der Waals surface area contributed by atoms with Gasteiger partial charge < -0.3 is 19.8 Å². The van der Waals surface area contributed by atoms with Gasteiger partial charge in [0.15, 0.2) is 0 Å². The first-order valence-corrected chi connectivity index (χ1v) is 7.67. The fourth-order valence-electron chi connectivity index (χ4n) is 2.46. The van der Waals surface area contributed by atoms with Gasteiger partial charge in [-0.25, -0.2) is 14.8 Å². The molecule has 3 aromatic heterocycles. The number of hydrogen-bond donors (Lipinski definition) is 3. The predicted molar refractivity (Wildman–Crippen MR) is 93.3 cm³/mol. The molecule has 0 aliphatic carbocycles. The third-order valence-corrected chi connectivity index (χ3v) is 3.92. The molecule has 3 heterocycles.